The van der Waals surface area contributed by atoms with Crippen LogP contribution in [0.25, 0.3) is 0 Å². The summed E-state index contributed by atoms with van der Waals surface area (Å²) in [6.07, 6.45) is 11.6. The van der Waals surface area contributed by atoms with E-state index in [1.807, 2.05) is 20.8 Å². The molecular weight excluding hydrogens is 640 g/mol. The summed E-state index contributed by atoms with van der Waals surface area (Å²) in [5, 5.41) is 11.0. The van der Waals surface area contributed by atoms with E-state index in [1.165, 1.54) is 71.0 Å². The Morgan fingerprint density at radius 2 is 1.67 bits per heavy atom. The lowest BCUT2D eigenvalue weighted by molar-refractivity contribution is -0.251. The molecule has 9 aliphatic rings. The third kappa shape index (κ3) is 5.32. The van der Waals surface area contributed by atoms with Crippen LogP contribution < -0.4 is 0 Å². The van der Waals surface area contributed by atoms with Crippen LogP contribution in [0.15, 0.2) is 0 Å². The molecule has 13 atom stereocenters. The van der Waals surface area contributed by atoms with E-state index in [1.54, 1.807) is 0 Å². The van der Waals surface area contributed by atoms with Gasteiger partial charge in [-0.05, 0) is 130 Å². The number of hydrogen-bond acceptors (Lipinski definition) is 8. The predicted octanol–water partition coefficient (Wildman–Crippen LogP) is 6.38. The van der Waals surface area contributed by atoms with Gasteiger partial charge in [-0.3, -0.25) is 9.80 Å². The molecule has 0 amide bonds. The van der Waals surface area contributed by atoms with E-state index in [0.717, 1.165) is 63.0 Å². The second-order valence-corrected chi connectivity index (χ2v) is 21.2. The molecule has 4 saturated heterocycles. The second kappa shape index (κ2) is 12.3. The molecule has 4 aliphatic heterocycles. The van der Waals surface area contributed by atoms with E-state index in [9.17, 15) is 5.11 Å². The Morgan fingerprint density at radius 1 is 0.902 bits per heavy atom. The third-order valence-corrected chi connectivity index (χ3v) is 18.0. The molecule has 290 valence electrons. The molecule has 5 saturated carbocycles. The Balaban J connectivity index is 0.857. The summed E-state index contributed by atoms with van der Waals surface area (Å²) in [5.41, 5.74) is 0.939. The predicted molar refractivity (Wildman–Crippen MR) is 197 cm³/mol. The van der Waals surface area contributed by atoms with Crippen LogP contribution in [0.1, 0.15) is 113 Å². The number of aliphatic hydroxyl groups is 1. The fourth-order valence-electron chi connectivity index (χ4n) is 15.6. The van der Waals surface area contributed by atoms with Gasteiger partial charge in [0.25, 0.3) is 0 Å². The summed E-state index contributed by atoms with van der Waals surface area (Å²) in [5.74, 6) is 3.73. The molecule has 0 aromatic carbocycles. The quantitative estimate of drug-likeness (QED) is 0.296. The van der Waals surface area contributed by atoms with E-state index in [2.05, 4.69) is 44.4 Å². The maximum atomic E-state index is 11.0. The van der Waals surface area contributed by atoms with Crippen molar-refractivity contribution in [1.82, 2.24) is 9.80 Å². The van der Waals surface area contributed by atoms with Gasteiger partial charge in [0.1, 0.15) is 6.10 Å². The average Bonchev–Trinajstić information content (AvgIpc) is 3.43. The van der Waals surface area contributed by atoms with Crippen LogP contribution in [0.5, 0.6) is 0 Å². The van der Waals surface area contributed by atoms with Gasteiger partial charge in [0.2, 0.25) is 0 Å². The Hall–Kier alpha value is -0.320. The smallest absolute Gasteiger partial charge is 0.170 e. The molecule has 0 aromatic heterocycles. The van der Waals surface area contributed by atoms with Gasteiger partial charge in [0.15, 0.2) is 6.29 Å². The van der Waals surface area contributed by atoms with Gasteiger partial charge in [-0.1, -0.05) is 34.6 Å². The van der Waals surface area contributed by atoms with E-state index >= 15 is 0 Å². The Morgan fingerprint density at radius 3 is 2.37 bits per heavy atom. The van der Waals surface area contributed by atoms with Crippen molar-refractivity contribution in [2.24, 2.45) is 56.7 Å². The molecular formula is C43H72N2O6. The van der Waals surface area contributed by atoms with Gasteiger partial charge in [0.05, 0.1) is 43.7 Å². The highest BCUT2D eigenvalue weighted by molar-refractivity contribution is 5.32. The minimum Gasteiger partial charge on any atom is -0.388 e. The van der Waals surface area contributed by atoms with Gasteiger partial charge in [-0.2, -0.15) is 0 Å². The minimum absolute atomic E-state index is 0.0124. The molecule has 5 aliphatic carbocycles. The number of rotatable bonds is 9. The SMILES string of the molecule is CCOC(C1CCC2C(CC3C4CCC5C(C)(C)C(OC6CN(C7CN(CC8(C)COC8)C7)CCO6)CCC56C(C)C46CCC23C)O1)C(C)(C)O. The third-order valence-electron chi connectivity index (χ3n) is 18.0. The van der Waals surface area contributed by atoms with Crippen molar-refractivity contribution in [3.63, 3.8) is 0 Å². The Labute approximate surface area is 309 Å². The lowest BCUT2D eigenvalue weighted by Crippen LogP contribution is -2.65. The number of fused-ring (bicyclic) bond motifs is 4. The van der Waals surface area contributed by atoms with Crippen LogP contribution in [0.3, 0.4) is 0 Å². The van der Waals surface area contributed by atoms with Crippen molar-refractivity contribution >= 4 is 0 Å². The van der Waals surface area contributed by atoms with Gasteiger partial charge in [-0.15, -0.1) is 0 Å². The first kappa shape index (κ1) is 36.3. The molecule has 8 nitrogen and oxygen atoms in total. The normalized spacial score (nSPS) is 49.7. The van der Waals surface area contributed by atoms with Crippen molar-refractivity contribution in [1.29, 1.82) is 0 Å². The van der Waals surface area contributed by atoms with Crippen LogP contribution in [-0.2, 0) is 23.7 Å². The van der Waals surface area contributed by atoms with Crippen molar-refractivity contribution in [3.8, 4) is 0 Å². The van der Waals surface area contributed by atoms with Crippen LogP contribution in [-0.4, -0.2) is 116 Å². The summed E-state index contributed by atoms with van der Waals surface area (Å²) in [7, 11) is 0. The minimum atomic E-state index is -0.901. The van der Waals surface area contributed by atoms with Gasteiger partial charge < -0.3 is 28.8 Å². The van der Waals surface area contributed by atoms with Gasteiger partial charge in [0, 0.05) is 50.8 Å². The molecule has 1 N–H and O–H groups in total. The highest BCUT2D eigenvalue weighted by atomic mass is 16.7. The highest BCUT2D eigenvalue weighted by Gasteiger charge is 2.84. The zero-order valence-corrected chi connectivity index (χ0v) is 33.5. The van der Waals surface area contributed by atoms with E-state index in [4.69, 9.17) is 23.7 Å². The topological polar surface area (TPSA) is 72.9 Å². The van der Waals surface area contributed by atoms with Crippen LogP contribution in [0, 0.1) is 56.7 Å². The number of morpholine rings is 1. The van der Waals surface area contributed by atoms with Crippen molar-refractivity contribution in [3.05, 3.63) is 0 Å². The van der Waals surface area contributed by atoms with Crippen molar-refractivity contribution in [2.45, 2.75) is 156 Å². The van der Waals surface area contributed by atoms with Crippen molar-refractivity contribution < 1.29 is 28.8 Å². The van der Waals surface area contributed by atoms with E-state index < -0.39 is 5.60 Å². The first-order valence-corrected chi connectivity index (χ1v) is 21.5. The molecule has 0 radical (unpaired) electrons. The first-order chi connectivity index (χ1) is 24.2. The molecule has 2 spiro atoms. The lowest BCUT2D eigenvalue weighted by atomic mass is 9.46. The monoisotopic (exact) mass is 713 g/mol. The van der Waals surface area contributed by atoms with Crippen LogP contribution in [0.4, 0.5) is 0 Å². The highest BCUT2D eigenvalue weighted by Crippen LogP contribution is 2.89. The summed E-state index contributed by atoms with van der Waals surface area (Å²) in [6, 6.07) is 0.634. The molecule has 0 aromatic rings. The summed E-state index contributed by atoms with van der Waals surface area (Å²) in [6.45, 7) is 27.3. The molecule has 13 unspecified atom stereocenters. The zero-order valence-electron chi connectivity index (χ0n) is 33.5. The van der Waals surface area contributed by atoms with E-state index in [0.29, 0.717) is 46.3 Å². The Bertz CT molecular complexity index is 1310. The summed E-state index contributed by atoms with van der Waals surface area (Å²) in [4.78, 5) is 5.29. The summed E-state index contributed by atoms with van der Waals surface area (Å²) >= 11 is 0. The van der Waals surface area contributed by atoms with Crippen LogP contribution in [0.2, 0.25) is 0 Å². The first-order valence-electron chi connectivity index (χ1n) is 21.5. The number of hydrogen-bond donors (Lipinski definition) is 1. The van der Waals surface area contributed by atoms with Crippen molar-refractivity contribution in [2.75, 3.05) is 59.2 Å². The number of nitrogens with zero attached hydrogens (tertiary/aromatic N) is 2. The van der Waals surface area contributed by atoms with E-state index in [-0.39, 0.29) is 30.0 Å². The second-order valence-electron chi connectivity index (χ2n) is 21.2. The maximum absolute atomic E-state index is 11.0. The van der Waals surface area contributed by atoms with Gasteiger partial charge >= 0.3 is 0 Å². The standard InChI is InChI=1S/C43H72N2O6/c1-9-48-37(39(5,6)46)32-12-10-30-33(50-32)20-31-29-11-13-34-38(3,4)35(14-15-43(34)27(2)42(29,43)17-16-41(30,31)8)51-36-23-45(18-19-49-36)28-21-44(22-28)24-40(7)25-47-26-40/h27-37,46H,9-26H2,1-8H3. The Kier molecular flexibility index (Phi) is 8.79. The lowest BCUT2D eigenvalue weighted by Gasteiger charge is -2.60. The molecule has 4 heterocycles. The fourth-order valence-corrected chi connectivity index (χ4v) is 15.6. The average molecular weight is 713 g/mol. The molecule has 8 heteroatoms. The van der Waals surface area contributed by atoms with Gasteiger partial charge in [-0.25, -0.2) is 0 Å². The number of likely N-dealkylation sites (tertiary alicyclic amines) is 1. The maximum Gasteiger partial charge on any atom is 0.170 e. The molecule has 9 fully saturated rings. The zero-order chi connectivity index (χ0) is 35.8. The molecule has 9 rings (SSSR count). The molecule has 51 heavy (non-hydrogen) atoms. The fraction of sp³-hybridized carbons (Fsp3) is 1.00. The number of ether oxygens (including phenoxy) is 5. The largest absolute Gasteiger partial charge is 0.388 e. The van der Waals surface area contributed by atoms with Crippen LogP contribution >= 0.6 is 0 Å². The molecule has 0 bridgehead atoms. The summed E-state index contributed by atoms with van der Waals surface area (Å²) < 4.78 is 32.1.